The van der Waals surface area contributed by atoms with Crippen LogP contribution in [0, 0.1) is 5.92 Å². The summed E-state index contributed by atoms with van der Waals surface area (Å²) in [6.45, 7) is 6.81. The van der Waals surface area contributed by atoms with Crippen molar-refractivity contribution < 1.29 is 19.4 Å². The van der Waals surface area contributed by atoms with Crippen LogP contribution in [0.1, 0.15) is 26.7 Å². The zero-order valence-electron chi connectivity index (χ0n) is 11.3. The van der Waals surface area contributed by atoms with Gasteiger partial charge in [0.2, 0.25) is 0 Å². The lowest BCUT2D eigenvalue weighted by molar-refractivity contribution is -0.0292. The van der Waals surface area contributed by atoms with Crippen molar-refractivity contribution in [1.29, 1.82) is 0 Å². The van der Waals surface area contributed by atoms with E-state index in [1.807, 2.05) is 0 Å². The molecule has 1 unspecified atom stereocenters. The summed E-state index contributed by atoms with van der Waals surface area (Å²) < 4.78 is 10.2. The Balaban J connectivity index is 3.14. The summed E-state index contributed by atoms with van der Waals surface area (Å²) in [6.07, 6.45) is 1.67. The predicted molar refractivity (Wildman–Crippen MR) is 66.7 cm³/mol. The number of nitrogens with one attached hydrogen (secondary N) is 1. The van der Waals surface area contributed by atoms with Crippen molar-refractivity contribution >= 4 is 0 Å². The van der Waals surface area contributed by atoms with Crippen molar-refractivity contribution in [3.8, 4) is 0 Å². The topological polar surface area (TPSA) is 60.0 Å². The summed E-state index contributed by atoms with van der Waals surface area (Å²) >= 11 is 0. The number of methoxy groups -OCH3 is 1. The molecule has 5 heteroatoms. The van der Waals surface area contributed by atoms with Gasteiger partial charge in [-0.1, -0.05) is 13.8 Å². The van der Waals surface area contributed by atoms with Crippen LogP contribution < -0.4 is 5.48 Å². The molecule has 0 bridgehead atoms. The minimum atomic E-state index is -0.531. The van der Waals surface area contributed by atoms with Crippen LogP contribution in [-0.2, 0) is 14.3 Å². The van der Waals surface area contributed by atoms with Gasteiger partial charge in [0.15, 0.2) is 0 Å². The van der Waals surface area contributed by atoms with Crippen LogP contribution in [0.25, 0.3) is 0 Å². The Labute approximate surface area is 104 Å². The molecule has 0 aromatic carbocycles. The Morgan fingerprint density at radius 1 is 1.18 bits per heavy atom. The van der Waals surface area contributed by atoms with Gasteiger partial charge in [-0.3, -0.25) is 4.84 Å². The van der Waals surface area contributed by atoms with Gasteiger partial charge in [0.1, 0.15) is 0 Å². The lowest BCUT2D eigenvalue weighted by atomic mass is 10.1. The van der Waals surface area contributed by atoms with Crippen LogP contribution in [0.5, 0.6) is 0 Å². The van der Waals surface area contributed by atoms with E-state index in [1.165, 1.54) is 0 Å². The second-order valence-corrected chi connectivity index (χ2v) is 4.45. The number of hydroxylamine groups is 1. The van der Waals surface area contributed by atoms with E-state index in [4.69, 9.17) is 14.3 Å². The van der Waals surface area contributed by atoms with Gasteiger partial charge in [0, 0.05) is 20.3 Å². The fraction of sp³-hybridized carbons (Fsp3) is 1.00. The Kier molecular flexibility index (Phi) is 12.1. The summed E-state index contributed by atoms with van der Waals surface area (Å²) in [5.41, 5.74) is 2.67. The minimum Gasteiger partial charge on any atom is -0.389 e. The maximum atomic E-state index is 9.52. The molecule has 5 nitrogen and oxygen atoms in total. The molecule has 0 aromatic heterocycles. The zero-order chi connectivity index (χ0) is 12.9. The second-order valence-electron chi connectivity index (χ2n) is 4.45. The molecule has 17 heavy (non-hydrogen) atoms. The van der Waals surface area contributed by atoms with Crippen LogP contribution in [0.2, 0.25) is 0 Å². The van der Waals surface area contributed by atoms with E-state index in [9.17, 15) is 5.11 Å². The number of aliphatic hydroxyl groups excluding tert-OH is 1. The molecule has 0 saturated carbocycles. The van der Waals surface area contributed by atoms with Gasteiger partial charge in [0.25, 0.3) is 0 Å². The van der Waals surface area contributed by atoms with E-state index >= 15 is 0 Å². The molecule has 0 spiro atoms. The quantitative estimate of drug-likeness (QED) is 0.399. The summed E-state index contributed by atoms with van der Waals surface area (Å²) in [7, 11) is 1.61. The molecule has 0 aliphatic heterocycles. The molecule has 1 atom stereocenters. The van der Waals surface area contributed by atoms with Crippen molar-refractivity contribution in [2.45, 2.75) is 32.8 Å². The van der Waals surface area contributed by atoms with Crippen LogP contribution in [-0.4, -0.2) is 51.3 Å². The van der Waals surface area contributed by atoms with Crippen LogP contribution >= 0.6 is 0 Å². The van der Waals surface area contributed by atoms with E-state index in [1.54, 1.807) is 7.11 Å². The fourth-order valence-electron chi connectivity index (χ4n) is 1.22. The van der Waals surface area contributed by atoms with Crippen LogP contribution in [0.4, 0.5) is 0 Å². The minimum absolute atomic E-state index is 0.346. The third-order valence-electron chi connectivity index (χ3n) is 2.19. The molecule has 0 rings (SSSR count). The second kappa shape index (κ2) is 12.3. The van der Waals surface area contributed by atoms with E-state index in [-0.39, 0.29) is 0 Å². The number of aliphatic hydroxyl groups is 1. The molecular weight excluding hydrogens is 222 g/mol. The molecule has 0 amide bonds. The first-order chi connectivity index (χ1) is 8.16. The van der Waals surface area contributed by atoms with Crippen LogP contribution in [0.3, 0.4) is 0 Å². The van der Waals surface area contributed by atoms with Crippen molar-refractivity contribution in [2.24, 2.45) is 5.92 Å². The Hall–Kier alpha value is -0.200. The first kappa shape index (κ1) is 16.8. The molecule has 0 fully saturated rings. The first-order valence-corrected chi connectivity index (χ1v) is 6.26. The van der Waals surface area contributed by atoms with Crippen molar-refractivity contribution in [2.75, 3.05) is 40.1 Å². The van der Waals surface area contributed by atoms with Crippen molar-refractivity contribution in [3.05, 3.63) is 0 Å². The predicted octanol–water partition coefficient (Wildman–Crippen LogP) is 0.968. The normalized spacial score (nSPS) is 13.2. The maximum absolute atomic E-state index is 9.52. The van der Waals surface area contributed by atoms with Gasteiger partial charge in [-0.15, -0.1) is 0 Å². The number of ether oxygens (including phenoxy) is 2. The molecule has 0 radical (unpaired) electrons. The number of hydrogen-bond donors (Lipinski definition) is 2. The van der Waals surface area contributed by atoms with Gasteiger partial charge < -0.3 is 14.6 Å². The molecule has 0 saturated heterocycles. The highest BCUT2D eigenvalue weighted by molar-refractivity contribution is 4.54. The third kappa shape index (κ3) is 13.7. The molecule has 0 aliphatic carbocycles. The molecular formula is C12H27NO4. The van der Waals surface area contributed by atoms with E-state index in [2.05, 4.69) is 19.3 Å². The van der Waals surface area contributed by atoms with Crippen molar-refractivity contribution in [1.82, 2.24) is 5.48 Å². The first-order valence-electron chi connectivity index (χ1n) is 6.26. The summed E-state index contributed by atoms with van der Waals surface area (Å²) in [4.78, 5) is 5.01. The van der Waals surface area contributed by atoms with Gasteiger partial charge in [-0.05, 0) is 18.8 Å². The summed E-state index contributed by atoms with van der Waals surface area (Å²) in [5.74, 6) is 0.708. The lowest BCUT2D eigenvalue weighted by Crippen LogP contribution is -2.31. The molecule has 2 N–H and O–H groups in total. The summed E-state index contributed by atoms with van der Waals surface area (Å²) in [6, 6.07) is 0. The highest BCUT2D eigenvalue weighted by atomic mass is 16.7. The summed E-state index contributed by atoms with van der Waals surface area (Å²) in [5, 5.41) is 9.52. The lowest BCUT2D eigenvalue weighted by Gasteiger charge is -2.12. The van der Waals surface area contributed by atoms with Crippen molar-refractivity contribution in [3.63, 3.8) is 0 Å². The standard InChI is InChI=1S/C12H27NO4/c1-11(2)5-4-6-16-10-12(14)9-13-17-8-7-15-3/h11-14H,4-10H2,1-3H3. The monoisotopic (exact) mass is 249 g/mol. The molecule has 0 aromatic rings. The number of hydrogen-bond acceptors (Lipinski definition) is 5. The Bertz CT molecular complexity index is 155. The van der Waals surface area contributed by atoms with Gasteiger partial charge in [-0.25, -0.2) is 0 Å². The smallest absolute Gasteiger partial charge is 0.0920 e. The SMILES string of the molecule is COCCONCC(O)COCCCC(C)C. The van der Waals surface area contributed by atoms with Gasteiger partial charge >= 0.3 is 0 Å². The largest absolute Gasteiger partial charge is 0.389 e. The number of rotatable bonds is 12. The van der Waals surface area contributed by atoms with E-state index in [0.717, 1.165) is 12.8 Å². The Morgan fingerprint density at radius 2 is 1.94 bits per heavy atom. The molecule has 0 heterocycles. The van der Waals surface area contributed by atoms with Gasteiger partial charge in [0.05, 0.1) is 25.9 Å². The highest BCUT2D eigenvalue weighted by Gasteiger charge is 2.03. The van der Waals surface area contributed by atoms with Gasteiger partial charge in [-0.2, -0.15) is 5.48 Å². The zero-order valence-corrected chi connectivity index (χ0v) is 11.3. The van der Waals surface area contributed by atoms with E-state index < -0.39 is 6.10 Å². The highest BCUT2D eigenvalue weighted by Crippen LogP contribution is 2.03. The average molecular weight is 249 g/mol. The van der Waals surface area contributed by atoms with Crippen LogP contribution in [0.15, 0.2) is 0 Å². The fourth-order valence-corrected chi connectivity index (χ4v) is 1.22. The molecule has 0 aliphatic rings. The Morgan fingerprint density at radius 3 is 2.59 bits per heavy atom. The average Bonchev–Trinajstić information content (AvgIpc) is 2.28. The maximum Gasteiger partial charge on any atom is 0.0920 e. The van der Waals surface area contributed by atoms with E-state index in [0.29, 0.717) is 38.9 Å². The molecule has 104 valence electrons. The third-order valence-corrected chi connectivity index (χ3v) is 2.19.